The average Bonchev–Trinajstić information content (AvgIpc) is 2.93. The van der Waals surface area contributed by atoms with Crippen LogP contribution in [0.2, 0.25) is 5.02 Å². The van der Waals surface area contributed by atoms with Gasteiger partial charge in [-0.3, -0.25) is 4.72 Å². The summed E-state index contributed by atoms with van der Waals surface area (Å²) in [4.78, 5) is 13.0. The SMILES string of the molecule is CCOc1c(Cl)cccc1NS(=O)(=O)c1c[nH]c(C(=O)O)c1. The highest BCUT2D eigenvalue weighted by molar-refractivity contribution is 7.92. The third-order valence-corrected chi connectivity index (χ3v) is 4.34. The third kappa shape index (κ3) is 3.34. The minimum atomic E-state index is -3.97. The highest BCUT2D eigenvalue weighted by Gasteiger charge is 2.20. The Balaban J connectivity index is 2.36. The maximum atomic E-state index is 12.3. The molecule has 0 atom stereocenters. The van der Waals surface area contributed by atoms with Gasteiger partial charge in [0.15, 0.2) is 5.75 Å². The van der Waals surface area contributed by atoms with Crippen LogP contribution in [0.25, 0.3) is 0 Å². The van der Waals surface area contributed by atoms with Crippen molar-refractivity contribution < 1.29 is 23.1 Å². The molecular weight excluding hydrogens is 332 g/mol. The minimum Gasteiger partial charge on any atom is -0.490 e. The lowest BCUT2D eigenvalue weighted by molar-refractivity contribution is 0.0691. The van der Waals surface area contributed by atoms with Gasteiger partial charge in [-0.2, -0.15) is 0 Å². The van der Waals surface area contributed by atoms with Crippen molar-refractivity contribution in [3.63, 3.8) is 0 Å². The van der Waals surface area contributed by atoms with Gasteiger partial charge in [0.1, 0.15) is 10.6 Å². The van der Waals surface area contributed by atoms with Gasteiger partial charge in [0.2, 0.25) is 0 Å². The van der Waals surface area contributed by atoms with E-state index in [0.717, 1.165) is 12.3 Å². The summed E-state index contributed by atoms with van der Waals surface area (Å²) in [5.74, 6) is -1.04. The zero-order valence-electron chi connectivity index (χ0n) is 11.5. The number of aromatic amines is 1. The van der Waals surface area contributed by atoms with Crippen LogP contribution in [0.15, 0.2) is 35.4 Å². The highest BCUT2D eigenvalue weighted by atomic mass is 35.5. The largest absolute Gasteiger partial charge is 0.490 e. The zero-order chi connectivity index (χ0) is 16.3. The molecule has 0 aliphatic carbocycles. The first kappa shape index (κ1) is 16.2. The molecular formula is C13H13ClN2O5S. The molecule has 0 radical (unpaired) electrons. The molecule has 2 aromatic rings. The van der Waals surface area contributed by atoms with Gasteiger partial charge in [-0.1, -0.05) is 17.7 Å². The highest BCUT2D eigenvalue weighted by Crippen LogP contribution is 2.34. The molecule has 0 aliphatic heterocycles. The van der Waals surface area contributed by atoms with Crippen LogP contribution >= 0.6 is 11.6 Å². The zero-order valence-corrected chi connectivity index (χ0v) is 13.0. The Morgan fingerprint density at radius 3 is 2.77 bits per heavy atom. The van der Waals surface area contributed by atoms with Gasteiger partial charge in [-0.15, -0.1) is 0 Å². The number of carbonyl (C=O) groups is 1. The summed E-state index contributed by atoms with van der Waals surface area (Å²) < 4.78 is 32.2. The number of anilines is 1. The summed E-state index contributed by atoms with van der Waals surface area (Å²) in [6, 6.07) is 5.67. The molecule has 3 N–H and O–H groups in total. The van der Waals surface area contributed by atoms with E-state index in [1.54, 1.807) is 19.1 Å². The maximum absolute atomic E-state index is 12.3. The van der Waals surface area contributed by atoms with Gasteiger partial charge < -0.3 is 14.8 Å². The molecule has 0 bridgehead atoms. The Morgan fingerprint density at radius 1 is 1.45 bits per heavy atom. The number of sulfonamides is 1. The molecule has 22 heavy (non-hydrogen) atoms. The number of ether oxygens (including phenoxy) is 1. The lowest BCUT2D eigenvalue weighted by Crippen LogP contribution is -2.13. The Labute approximate surface area is 131 Å². The fraction of sp³-hybridized carbons (Fsp3) is 0.154. The molecule has 1 aromatic heterocycles. The number of nitrogens with one attached hydrogen (secondary N) is 2. The Morgan fingerprint density at radius 2 is 2.18 bits per heavy atom. The van der Waals surface area contributed by atoms with Crippen LogP contribution in [0.5, 0.6) is 5.75 Å². The molecule has 0 aliphatic rings. The average molecular weight is 345 g/mol. The lowest BCUT2D eigenvalue weighted by atomic mass is 10.3. The van der Waals surface area contributed by atoms with E-state index in [1.807, 2.05) is 0 Å². The summed E-state index contributed by atoms with van der Waals surface area (Å²) in [5.41, 5.74) is -0.0519. The summed E-state index contributed by atoms with van der Waals surface area (Å²) in [6.45, 7) is 2.05. The van der Waals surface area contributed by atoms with Gasteiger partial charge in [-0.25, -0.2) is 13.2 Å². The molecule has 118 valence electrons. The van der Waals surface area contributed by atoms with Crippen LogP contribution < -0.4 is 9.46 Å². The molecule has 0 fully saturated rings. The number of aromatic carboxylic acids is 1. The van der Waals surface area contributed by atoms with E-state index in [-0.39, 0.29) is 27.0 Å². The van der Waals surface area contributed by atoms with Gasteiger partial charge in [0.05, 0.1) is 17.3 Å². The second-order valence-electron chi connectivity index (χ2n) is 4.21. The fourth-order valence-electron chi connectivity index (χ4n) is 1.74. The van der Waals surface area contributed by atoms with Crippen LogP contribution in [0.1, 0.15) is 17.4 Å². The molecule has 0 saturated carbocycles. The second-order valence-corrected chi connectivity index (χ2v) is 6.30. The van der Waals surface area contributed by atoms with Gasteiger partial charge in [-0.05, 0) is 25.1 Å². The number of carboxylic acids is 1. The second kappa shape index (κ2) is 6.29. The Hall–Kier alpha value is -2.19. The number of hydrogen-bond acceptors (Lipinski definition) is 4. The Bertz CT molecular complexity index is 801. The molecule has 1 aromatic carbocycles. The number of hydrogen-bond donors (Lipinski definition) is 3. The van der Waals surface area contributed by atoms with Crippen molar-refractivity contribution in [1.29, 1.82) is 0 Å². The molecule has 0 spiro atoms. The number of para-hydroxylation sites is 1. The number of halogens is 1. The van der Waals surface area contributed by atoms with Crippen molar-refractivity contribution in [1.82, 2.24) is 4.98 Å². The van der Waals surface area contributed by atoms with E-state index in [4.69, 9.17) is 21.4 Å². The standard InChI is InChI=1S/C13H13ClN2O5S/c1-2-21-12-9(14)4-3-5-10(12)16-22(19,20)8-6-11(13(17)18)15-7-8/h3-7,15-16H,2H2,1H3,(H,17,18). The Kier molecular flexibility index (Phi) is 4.62. The molecule has 2 rings (SSSR count). The third-order valence-electron chi connectivity index (χ3n) is 2.70. The van der Waals surface area contributed by atoms with Gasteiger partial charge in [0, 0.05) is 6.20 Å². The van der Waals surface area contributed by atoms with E-state index in [0.29, 0.717) is 6.61 Å². The van der Waals surface area contributed by atoms with Crippen LogP contribution in [0.4, 0.5) is 5.69 Å². The molecule has 1 heterocycles. The summed E-state index contributed by atoms with van der Waals surface area (Å²) >= 11 is 5.98. The summed E-state index contributed by atoms with van der Waals surface area (Å²) in [6.07, 6.45) is 1.09. The van der Waals surface area contributed by atoms with Crippen molar-refractivity contribution in [3.8, 4) is 5.75 Å². The smallest absolute Gasteiger partial charge is 0.352 e. The first-order valence-electron chi connectivity index (χ1n) is 6.21. The first-order valence-corrected chi connectivity index (χ1v) is 8.07. The van der Waals surface area contributed by atoms with Crippen molar-refractivity contribution in [2.24, 2.45) is 0 Å². The molecule has 0 saturated heterocycles. The van der Waals surface area contributed by atoms with E-state index >= 15 is 0 Å². The number of rotatable bonds is 6. The number of aromatic nitrogens is 1. The fourth-order valence-corrected chi connectivity index (χ4v) is 3.02. The minimum absolute atomic E-state index is 0.174. The normalized spacial score (nSPS) is 11.2. The van der Waals surface area contributed by atoms with Crippen molar-refractivity contribution in [3.05, 3.63) is 41.2 Å². The first-order chi connectivity index (χ1) is 10.3. The van der Waals surface area contributed by atoms with Gasteiger partial charge in [0.25, 0.3) is 10.0 Å². The number of carboxylic acid groups (broad SMARTS) is 1. The number of benzene rings is 1. The quantitative estimate of drug-likeness (QED) is 0.746. The lowest BCUT2D eigenvalue weighted by Gasteiger charge is -2.13. The van der Waals surface area contributed by atoms with Crippen LogP contribution in [0, 0.1) is 0 Å². The summed E-state index contributed by atoms with van der Waals surface area (Å²) in [5, 5.41) is 9.09. The van der Waals surface area contributed by atoms with Crippen LogP contribution in [0.3, 0.4) is 0 Å². The maximum Gasteiger partial charge on any atom is 0.352 e. The molecule has 9 heteroatoms. The van der Waals surface area contributed by atoms with E-state index in [2.05, 4.69) is 9.71 Å². The van der Waals surface area contributed by atoms with Crippen LogP contribution in [-0.2, 0) is 10.0 Å². The monoisotopic (exact) mass is 344 g/mol. The van der Waals surface area contributed by atoms with E-state index < -0.39 is 16.0 Å². The van der Waals surface area contributed by atoms with Crippen molar-refractivity contribution >= 4 is 33.3 Å². The van der Waals surface area contributed by atoms with Crippen molar-refractivity contribution in [2.45, 2.75) is 11.8 Å². The van der Waals surface area contributed by atoms with Crippen LogP contribution in [-0.4, -0.2) is 31.1 Å². The predicted octanol–water partition coefficient (Wildman–Crippen LogP) is 2.57. The summed E-state index contributed by atoms with van der Waals surface area (Å²) in [7, 11) is -3.97. The topological polar surface area (TPSA) is 108 Å². The molecule has 0 unspecified atom stereocenters. The van der Waals surface area contributed by atoms with Gasteiger partial charge >= 0.3 is 5.97 Å². The van der Waals surface area contributed by atoms with E-state index in [9.17, 15) is 13.2 Å². The predicted molar refractivity (Wildman–Crippen MR) is 81.2 cm³/mol. The molecule has 0 amide bonds. The van der Waals surface area contributed by atoms with Crippen molar-refractivity contribution in [2.75, 3.05) is 11.3 Å². The number of H-pyrrole nitrogens is 1. The van der Waals surface area contributed by atoms with E-state index in [1.165, 1.54) is 6.07 Å². The molecule has 7 nitrogen and oxygen atoms in total.